The van der Waals surface area contributed by atoms with Gasteiger partial charge in [0.05, 0.1) is 11.1 Å². The Labute approximate surface area is 371 Å². The van der Waals surface area contributed by atoms with E-state index in [9.17, 15) is 28.8 Å². The molecule has 0 N–H and O–H groups in total. The second kappa shape index (κ2) is 18.0. The molecule has 0 unspecified atom stereocenters. The molecule has 0 aromatic heterocycles. The van der Waals surface area contributed by atoms with E-state index in [0.29, 0.717) is 112 Å². The molecule has 0 radical (unpaired) electrons. The molecule has 0 aliphatic carbocycles. The van der Waals surface area contributed by atoms with E-state index in [1.807, 2.05) is 12.1 Å². The van der Waals surface area contributed by atoms with E-state index in [2.05, 4.69) is 13.8 Å². The number of carbonyl (C=O) groups excluding carboxylic acids is 6. The van der Waals surface area contributed by atoms with Crippen molar-refractivity contribution in [3.8, 4) is 23.0 Å². The summed E-state index contributed by atoms with van der Waals surface area (Å²) in [5, 5.41) is 4.62. The van der Waals surface area contributed by atoms with Gasteiger partial charge in [0.15, 0.2) is 0 Å². The van der Waals surface area contributed by atoms with Gasteiger partial charge in [-0.1, -0.05) is 90.2 Å². The first-order valence-corrected chi connectivity index (χ1v) is 22.7. The smallest absolute Gasteiger partial charge is 0.261 e. The van der Waals surface area contributed by atoms with Crippen molar-refractivity contribution in [3.05, 3.63) is 118 Å². The number of rotatable bonds is 20. The zero-order chi connectivity index (χ0) is 44.5. The second-order valence-electron chi connectivity index (χ2n) is 17.1. The molecule has 0 spiro atoms. The molecule has 0 fully saturated rings. The topological polar surface area (TPSA) is 127 Å². The lowest BCUT2D eigenvalue weighted by molar-refractivity contribution is 0.0592. The minimum atomic E-state index is -0.416. The Kier molecular flexibility index (Phi) is 11.9. The molecule has 4 amide bonds. The molecule has 7 aromatic rings. The van der Waals surface area contributed by atoms with Crippen molar-refractivity contribution in [2.45, 2.75) is 90.9 Å². The van der Waals surface area contributed by atoms with E-state index in [1.54, 1.807) is 72.8 Å². The monoisotopic (exact) mass is 854 g/mol. The van der Waals surface area contributed by atoms with E-state index in [0.717, 1.165) is 76.8 Å². The fourth-order valence-electron chi connectivity index (χ4n) is 9.64. The Morgan fingerprint density at radius 1 is 0.406 bits per heavy atom. The van der Waals surface area contributed by atoms with Crippen LogP contribution in [-0.4, -0.2) is 59.1 Å². The summed E-state index contributed by atoms with van der Waals surface area (Å²) >= 11 is 0. The number of unbranched alkanes of at least 4 members (excludes halogenated alkanes) is 10. The number of amides is 4. The first kappa shape index (κ1) is 42.4. The van der Waals surface area contributed by atoms with Crippen LogP contribution in [0.5, 0.6) is 23.0 Å². The first-order chi connectivity index (χ1) is 31.3. The zero-order valence-corrected chi connectivity index (χ0v) is 36.3. The van der Waals surface area contributed by atoms with E-state index < -0.39 is 11.8 Å². The number of hydrogen-bond donors (Lipinski definition) is 0. The van der Waals surface area contributed by atoms with Gasteiger partial charge in [-0.2, -0.15) is 0 Å². The Morgan fingerprint density at radius 3 is 1.14 bits per heavy atom. The molecule has 324 valence electrons. The summed E-state index contributed by atoms with van der Waals surface area (Å²) in [4.78, 5) is 84.0. The second-order valence-corrected chi connectivity index (χ2v) is 17.1. The lowest BCUT2D eigenvalue weighted by atomic mass is 9.81. The Bertz CT molecular complexity index is 2790. The lowest BCUT2D eigenvalue weighted by Gasteiger charge is -2.31. The number of imide groups is 2. The van der Waals surface area contributed by atoms with E-state index in [-0.39, 0.29) is 24.9 Å². The van der Waals surface area contributed by atoms with Gasteiger partial charge in [-0.25, -0.2) is 0 Å². The maximum absolute atomic E-state index is 14.7. The van der Waals surface area contributed by atoms with Crippen molar-refractivity contribution in [2.24, 2.45) is 0 Å². The SMILES string of the molecule is CCCCCCCCN1C(=O)c2ccc3c4c(Oc5ccc(C=O)cc5)cc5c6c(ccc(c7c(Oc8ccc(C=O)cc8)cc(c2c37)C1=O)c64)C(=O)N(CCCCCCCC)C5=O. The minimum Gasteiger partial charge on any atom is -0.457 e. The Balaban J connectivity index is 1.28. The van der Waals surface area contributed by atoms with Gasteiger partial charge < -0.3 is 9.47 Å². The average Bonchev–Trinajstić information content (AvgIpc) is 3.31. The van der Waals surface area contributed by atoms with Gasteiger partial charge in [-0.05, 0) is 96.4 Å². The van der Waals surface area contributed by atoms with Gasteiger partial charge in [-0.3, -0.25) is 38.6 Å². The van der Waals surface area contributed by atoms with Crippen molar-refractivity contribution in [2.75, 3.05) is 13.1 Å². The van der Waals surface area contributed by atoms with Crippen molar-refractivity contribution in [3.63, 3.8) is 0 Å². The number of carbonyl (C=O) groups is 6. The molecule has 2 aliphatic heterocycles. The highest BCUT2D eigenvalue weighted by molar-refractivity contribution is 6.43. The Morgan fingerprint density at radius 2 is 0.766 bits per heavy atom. The van der Waals surface area contributed by atoms with Gasteiger partial charge in [0.2, 0.25) is 0 Å². The molecule has 7 aromatic carbocycles. The highest BCUT2D eigenvalue weighted by Crippen LogP contribution is 2.53. The predicted molar refractivity (Wildman–Crippen MR) is 249 cm³/mol. The van der Waals surface area contributed by atoms with Gasteiger partial charge >= 0.3 is 0 Å². The highest BCUT2D eigenvalue weighted by Gasteiger charge is 2.39. The molecule has 9 rings (SSSR count). The summed E-state index contributed by atoms with van der Waals surface area (Å²) in [6.07, 6.45) is 13.5. The molecule has 0 saturated carbocycles. The number of fused-ring (bicyclic) bond motifs is 2. The van der Waals surface area contributed by atoms with Crippen LogP contribution in [0.2, 0.25) is 0 Å². The van der Waals surface area contributed by atoms with Crippen LogP contribution in [0.4, 0.5) is 0 Å². The molecular formula is C54H50N2O8. The van der Waals surface area contributed by atoms with Gasteiger partial charge in [-0.15, -0.1) is 0 Å². The van der Waals surface area contributed by atoms with Crippen LogP contribution in [0.3, 0.4) is 0 Å². The summed E-state index contributed by atoms with van der Waals surface area (Å²) in [7, 11) is 0. The number of benzene rings is 7. The molecular weight excluding hydrogens is 805 g/mol. The maximum atomic E-state index is 14.7. The van der Waals surface area contributed by atoms with E-state index >= 15 is 0 Å². The van der Waals surface area contributed by atoms with Crippen LogP contribution in [-0.2, 0) is 0 Å². The summed E-state index contributed by atoms with van der Waals surface area (Å²) in [5.74, 6) is -0.0718. The minimum absolute atomic E-state index is 0.282. The standard InChI is InChI=1S/C54H50N2O8/c1-3-5-7-9-11-13-27-55-51(59)39-25-23-37-48-44(64-36-21-17-34(32-58)18-22-36)30-42-46-40(52(60)56(54(42)62)28-14-12-10-8-6-4-2)26-24-38(50(46)48)47-43(29-41(53(55)61)45(39)49(37)47)63-35-19-15-33(31-57)16-20-35/h15-26,29-32H,3-14,27-28H2,1-2H3. The zero-order valence-electron chi connectivity index (χ0n) is 36.3. The third-order valence-electron chi connectivity index (χ3n) is 12.9. The number of nitrogens with zero attached hydrogens (tertiary/aromatic N) is 2. The summed E-state index contributed by atoms with van der Waals surface area (Å²) in [6.45, 7) is 4.89. The van der Waals surface area contributed by atoms with Crippen LogP contribution < -0.4 is 9.47 Å². The molecule has 2 aliphatic rings. The highest BCUT2D eigenvalue weighted by atomic mass is 16.5. The van der Waals surface area contributed by atoms with Crippen molar-refractivity contribution in [1.29, 1.82) is 0 Å². The predicted octanol–water partition coefficient (Wildman–Crippen LogP) is 12.9. The molecule has 10 nitrogen and oxygen atoms in total. The molecule has 10 heteroatoms. The maximum Gasteiger partial charge on any atom is 0.261 e. The van der Waals surface area contributed by atoms with Crippen LogP contribution in [0.15, 0.2) is 84.9 Å². The van der Waals surface area contributed by atoms with Crippen molar-refractivity contribution in [1.82, 2.24) is 9.80 Å². The van der Waals surface area contributed by atoms with E-state index in [1.165, 1.54) is 9.80 Å². The lowest BCUT2D eigenvalue weighted by Crippen LogP contribution is -2.41. The number of aldehydes is 2. The summed E-state index contributed by atoms with van der Waals surface area (Å²) in [5.41, 5.74) is 2.34. The van der Waals surface area contributed by atoms with Gasteiger partial charge in [0.1, 0.15) is 35.6 Å². The van der Waals surface area contributed by atoms with Crippen LogP contribution in [0.1, 0.15) is 153 Å². The van der Waals surface area contributed by atoms with E-state index in [4.69, 9.17) is 9.47 Å². The normalized spacial score (nSPS) is 13.6. The molecule has 64 heavy (non-hydrogen) atoms. The molecule has 0 saturated heterocycles. The average molecular weight is 855 g/mol. The third kappa shape index (κ3) is 7.44. The fourth-order valence-corrected chi connectivity index (χ4v) is 9.64. The number of hydrogen-bond acceptors (Lipinski definition) is 8. The molecule has 0 bridgehead atoms. The first-order valence-electron chi connectivity index (χ1n) is 22.7. The third-order valence-corrected chi connectivity index (χ3v) is 12.9. The fraction of sp³-hybridized carbons (Fsp3) is 0.296. The molecule has 2 heterocycles. The largest absolute Gasteiger partial charge is 0.457 e. The van der Waals surface area contributed by atoms with Crippen LogP contribution in [0.25, 0.3) is 43.1 Å². The van der Waals surface area contributed by atoms with Crippen molar-refractivity contribution < 1.29 is 38.2 Å². The van der Waals surface area contributed by atoms with Crippen molar-refractivity contribution >= 4 is 79.3 Å². The number of ether oxygens (including phenoxy) is 2. The quantitative estimate of drug-likeness (QED) is 0.0244. The Hall–Kier alpha value is -6.94. The summed E-state index contributed by atoms with van der Waals surface area (Å²) in [6, 6.07) is 24.0. The molecule has 0 atom stereocenters. The van der Waals surface area contributed by atoms with Crippen LogP contribution >= 0.6 is 0 Å². The van der Waals surface area contributed by atoms with Gasteiger partial charge in [0.25, 0.3) is 23.6 Å². The van der Waals surface area contributed by atoms with Gasteiger partial charge in [0, 0.05) is 67.7 Å². The summed E-state index contributed by atoms with van der Waals surface area (Å²) < 4.78 is 13.4. The van der Waals surface area contributed by atoms with Crippen LogP contribution in [0, 0.1) is 0 Å².